The number of fused-ring (bicyclic) bond motifs is 1. The molecule has 5 rings (SSSR count). The van der Waals surface area contributed by atoms with Gasteiger partial charge in [0, 0.05) is 11.3 Å². The number of hydrogen-bond acceptors (Lipinski definition) is 4. The van der Waals surface area contributed by atoms with Crippen LogP contribution in [0.15, 0.2) is 65.1 Å². The van der Waals surface area contributed by atoms with Crippen LogP contribution in [0.1, 0.15) is 54.7 Å². The third-order valence-electron chi connectivity index (χ3n) is 6.63. The molecule has 5 heteroatoms. The number of hydrogen-bond donors (Lipinski definition) is 1. The summed E-state index contributed by atoms with van der Waals surface area (Å²) in [5, 5.41) is 2.96. The van der Waals surface area contributed by atoms with E-state index in [4.69, 9.17) is 9.15 Å². The Morgan fingerprint density at radius 1 is 1.00 bits per heavy atom. The van der Waals surface area contributed by atoms with Gasteiger partial charge in [-0.1, -0.05) is 43.5 Å². The van der Waals surface area contributed by atoms with Gasteiger partial charge in [0.2, 0.25) is 5.89 Å². The Morgan fingerprint density at radius 3 is 2.59 bits per heavy atom. The zero-order chi connectivity index (χ0) is 23.5. The quantitative estimate of drug-likeness (QED) is 0.335. The molecule has 1 amide bonds. The largest absolute Gasteiger partial charge is 0.484 e. The Hall–Kier alpha value is -3.60. The third kappa shape index (κ3) is 4.98. The predicted molar refractivity (Wildman–Crippen MR) is 135 cm³/mol. The molecule has 3 aromatic carbocycles. The first kappa shape index (κ1) is 22.2. The van der Waals surface area contributed by atoms with Crippen LogP contribution in [-0.4, -0.2) is 17.5 Å². The monoisotopic (exact) mass is 454 g/mol. The number of carbonyl (C=O) groups excluding carboxylic acids is 1. The van der Waals surface area contributed by atoms with E-state index in [9.17, 15) is 4.79 Å². The second kappa shape index (κ2) is 9.72. The first-order valence-electron chi connectivity index (χ1n) is 12.1. The fraction of sp³-hybridized carbons (Fsp3) is 0.310. The van der Waals surface area contributed by atoms with Crippen LogP contribution in [0.2, 0.25) is 0 Å². The van der Waals surface area contributed by atoms with E-state index in [0.29, 0.717) is 17.6 Å². The molecule has 34 heavy (non-hydrogen) atoms. The lowest BCUT2D eigenvalue weighted by atomic mass is 9.84. The molecule has 1 heterocycles. The maximum absolute atomic E-state index is 12.6. The van der Waals surface area contributed by atoms with Crippen molar-refractivity contribution >= 4 is 22.7 Å². The fourth-order valence-corrected chi connectivity index (χ4v) is 4.65. The number of aromatic nitrogens is 1. The molecule has 1 fully saturated rings. The van der Waals surface area contributed by atoms with Crippen LogP contribution in [0.25, 0.3) is 22.6 Å². The lowest BCUT2D eigenvalue weighted by Crippen LogP contribution is -2.20. The van der Waals surface area contributed by atoms with E-state index in [2.05, 4.69) is 22.4 Å². The highest BCUT2D eigenvalue weighted by molar-refractivity contribution is 5.93. The van der Waals surface area contributed by atoms with Crippen LogP contribution in [0.3, 0.4) is 0 Å². The number of amides is 1. The first-order valence-corrected chi connectivity index (χ1v) is 12.1. The minimum atomic E-state index is -0.204. The SMILES string of the molecule is Cc1ccc2nc(-c3ccc(C)c(NC(=O)COc4ccc(C5CCCCC5)cc4)c3)oc2c1. The lowest BCUT2D eigenvalue weighted by Gasteiger charge is -2.22. The Balaban J connectivity index is 1.22. The van der Waals surface area contributed by atoms with Crippen molar-refractivity contribution in [1.82, 2.24) is 4.98 Å². The molecular formula is C29H30N2O3. The van der Waals surface area contributed by atoms with Crippen molar-refractivity contribution in [2.24, 2.45) is 0 Å². The molecule has 1 aliphatic carbocycles. The Bertz CT molecular complexity index is 1300. The number of nitrogens with one attached hydrogen (secondary N) is 1. The Kier molecular flexibility index (Phi) is 6.35. The van der Waals surface area contributed by atoms with E-state index in [-0.39, 0.29) is 12.5 Å². The maximum atomic E-state index is 12.6. The van der Waals surface area contributed by atoms with Crippen LogP contribution in [0.5, 0.6) is 5.75 Å². The summed E-state index contributed by atoms with van der Waals surface area (Å²) in [5.74, 6) is 1.70. The van der Waals surface area contributed by atoms with Crippen molar-refractivity contribution in [3.63, 3.8) is 0 Å². The molecule has 1 saturated carbocycles. The van der Waals surface area contributed by atoms with Gasteiger partial charge in [-0.2, -0.15) is 0 Å². The van der Waals surface area contributed by atoms with Crippen molar-refractivity contribution in [1.29, 1.82) is 0 Å². The maximum Gasteiger partial charge on any atom is 0.262 e. The average Bonchev–Trinajstić information content (AvgIpc) is 3.28. The highest BCUT2D eigenvalue weighted by atomic mass is 16.5. The van der Waals surface area contributed by atoms with Crippen LogP contribution in [-0.2, 0) is 4.79 Å². The zero-order valence-corrected chi connectivity index (χ0v) is 19.8. The smallest absolute Gasteiger partial charge is 0.262 e. The first-order chi connectivity index (χ1) is 16.5. The summed E-state index contributed by atoms with van der Waals surface area (Å²) in [7, 11) is 0. The van der Waals surface area contributed by atoms with Gasteiger partial charge in [-0.25, -0.2) is 4.98 Å². The van der Waals surface area contributed by atoms with Gasteiger partial charge in [0.1, 0.15) is 11.3 Å². The molecule has 0 unspecified atom stereocenters. The van der Waals surface area contributed by atoms with Gasteiger partial charge in [0.25, 0.3) is 5.91 Å². The summed E-state index contributed by atoms with van der Waals surface area (Å²) < 4.78 is 11.7. The average molecular weight is 455 g/mol. The normalized spacial score (nSPS) is 14.3. The topological polar surface area (TPSA) is 64.4 Å². The molecule has 1 aliphatic rings. The molecule has 0 radical (unpaired) electrons. The summed E-state index contributed by atoms with van der Waals surface area (Å²) in [6.45, 7) is 3.93. The van der Waals surface area contributed by atoms with E-state index in [1.54, 1.807) is 0 Å². The van der Waals surface area contributed by atoms with Gasteiger partial charge in [-0.05, 0) is 85.7 Å². The summed E-state index contributed by atoms with van der Waals surface area (Å²) in [6, 6.07) is 20.0. The number of oxazole rings is 1. The zero-order valence-electron chi connectivity index (χ0n) is 19.8. The second-order valence-electron chi connectivity index (χ2n) is 9.26. The van der Waals surface area contributed by atoms with Gasteiger partial charge in [-0.15, -0.1) is 0 Å². The molecule has 1 N–H and O–H groups in total. The van der Waals surface area contributed by atoms with E-state index in [0.717, 1.165) is 33.5 Å². The molecule has 174 valence electrons. The van der Waals surface area contributed by atoms with E-state index in [1.807, 2.05) is 62.4 Å². The summed E-state index contributed by atoms with van der Waals surface area (Å²) >= 11 is 0. The number of nitrogens with zero attached hydrogens (tertiary/aromatic N) is 1. The van der Waals surface area contributed by atoms with Gasteiger partial charge >= 0.3 is 0 Å². The number of rotatable bonds is 6. The minimum Gasteiger partial charge on any atom is -0.484 e. The third-order valence-corrected chi connectivity index (χ3v) is 6.63. The van der Waals surface area contributed by atoms with E-state index in [1.165, 1.54) is 37.7 Å². The van der Waals surface area contributed by atoms with Crippen molar-refractivity contribution in [2.75, 3.05) is 11.9 Å². The van der Waals surface area contributed by atoms with Crippen LogP contribution >= 0.6 is 0 Å². The molecule has 0 aliphatic heterocycles. The number of aryl methyl sites for hydroxylation is 2. The number of anilines is 1. The van der Waals surface area contributed by atoms with Crippen LogP contribution in [0.4, 0.5) is 5.69 Å². The lowest BCUT2D eigenvalue weighted by molar-refractivity contribution is -0.118. The fourth-order valence-electron chi connectivity index (χ4n) is 4.65. The molecule has 0 spiro atoms. The van der Waals surface area contributed by atoms with Gasteiger partial charge in [-0.3, -0.25) is 4.79 Å². The number of carbonyl (C=O) groups is 1. The summed E-state index contributed by atoms with van der Waals surface area (Å²) in [6.07, 6.45) is 6.52. The van der Waals surface area contributed by atoms with E-state index < -0.39 is 0 Å². The summed E-state index contributed by atoms with van der Waals surface area (Å²) in [4.78, 5) is 17.2. The van der Waals surface area contributed by atoms with Gasteiger partial charge < -0.3 is 14.5 Å². The molecule has 0 atom stereocenters. The molecular weight excluding hydrogens is 424 g/mol. The van der Waals surface area contributed by atoms with Crippen molar-refractivity contribution in [3.8, 4) is 17.2 Å². The van der Waals surface area contributed by atoms with Gasteiger partial charge in [0.05, 0.1) is 0 Å². The molecule has 0 saturated heterocycles. The second-order valence-corrected chi connectivity index (χ2v) is 9.26. The minimum absolute atomic E-state index is 0.0470. The highest BCUT2D eigenvalue weighted by Crippen LogP contribution is 2.33. The highest BCUT2D eigenvalue weighted by Gasteiger charge is 2.16. The van der Waals surface area contributed by atoms with Crippen molar-refractivity contribution in [3.05, 3.63) is 77.4 Å². The molecule has 0 bridgehead atoms. The summed E-state index contributed by atoms with van der Waals surface area (Å²) in [5.41, 5.74) is 6.56. The molecule has 1 aromatic heterocycles. The number of ether oxygens (including phenoxy) is 1. The predicted octanol–water partition coefficient (Wildman–Crippen LogP) is 7.18. The van der Waals surface area contributed by atoms with Gasteiger partial charge in [0.15, 0.2) is 12.2 Å². The van der Waals surface area contributed by atoms with Crippen LogP contribution in [0, 0.1) is 13.8 Å². The Morgan fingerprint density at radius 2 is 1.79 bits per heavy atom. The Labute approximate surface area is 200 Å². The standard InChI is InChI=1S/C29H30N2O3/c1-19-8-15-25-27(16-19)34-29(31-25)23-10-9-20(2)26(17-23)30-28(32)18-33-24-13-11-22(12-14-24)21-6-4-3-5-7-21/h8-17,21H,3-7,18H2,1-2H3,(H,30,32). The number of benzene rings is 3. The molecule has 5 nitrogen and oxygen atoms in total. The van der Waals surface area contributed by atoms with E-state index >= 15 is 0 Å². The molecule has 4 aromatic rings. The van der Waals surface area contributed by atoms with Crippen molar-refractivity contribution < 1.29 is 13.9 Å². The van der Waals surface area contributed by atoms with Crippen molar-refractivity contribution in [2.45, 2.75) is 51.9 Å². The van der Waals surface area contributed by atoms with Crippen LogP contribution < -0.4 is 10.1 Å².